The van der Waals surface area contributed by atoms with Crippen LogP contribution in [0, 0.1) is 0 Å². The van der Waals surface area contributed by atoms with Gasteiger partial charge in [-0.05, 0) is 65.7 Å². The number of para-hydroxylation sites is 3. The lowest BCUT2D eigenvalue weighted by Crippen LogP contribution is -1.98. The number of pyridine rings is 2. The summed E-state index contributed by atoms with van der Waals surface area (Å²) in [7, 11) is 0. The van der Waals surface area contributed by atoms with Gasteiger partial charge in [0.1, 0.15) is 16.4 Å². The topological polar surface area (TPSA) is 50.9 Å². The Kier molecular flexibility index (Phi) is 5.83. The SMILES string of the molecule is Oc1ccccc1-n1c2ccccc2c2ccc(-c3cc(-c4ccccc4)cc(Sc4ccccc4)n3)nc21. The Balaban J connectivity index is 1.45. The number of phenols is 1. The third-order valence-corrected chi connectivity index (χ3v) is 7.71. The summed E-state index contributed by atoms with van der Waals surface area (Å²) in [6.45, 7) is 0. The largest absolute Gasteiger partial charge is 0.506 e. The van der Waals surface area contributed by atoms with E-state index in [1.54, 1.807) is 17.8 Å². The molecule has 7 aromatic rings. The van der Waals surface area contributed by atoms with Crippen molar-refractivity contribution in [2.75, 3.05) is 0 Å². The first kappa shape index (κ1) is 23.3. The number of aromatic nitrogens is 3. The average Bonchev–Trinajstić information content (AvgIpc) is 3.32. The summed E-state index contributed by atoms with van der Waals surface area (Å²) >= 11 is 1.64. The monoisotopic (exact) mass is 521 g/mol. The van der Waals surface area contributed by atoms with E-state index in [9.17, 15) is 5.11 Å². The van der Waals surface area contributed by atoms with Crippen molar-refractivity contribution in [1.29, 1.82) is 0 Å². The van der Waals surface area contributed by atoms with Crippen LogP contribution >= 0.6 is 11.8 Å². The zero-order valence-corrected chi connectivity index (χ0v) is 21.7. The molecule has 4 nitrogen and oxygen atoms in total. The molecule has 0 atom stereocenters. The van der Waals surface area contributed by atoms with Gasteiger partial charge in [0.05, 0.1) is 22.6 Å². The van der Waals surface area contributed by atoms with Gasteiger partial charge in [-0.2, -0.15) is 0 Å². The highest BCUT2D eigenvalue weighted by Crippen LogP contribution is 2.37. The Bertz CT molecular complexity index is 1950. The third-order valence-electron chi connectivity index (χ3n) is 6.78. The minimum atomic E-state index is 0.207. The van der Waals surface area contributed by atoms with Crippen molar-refractivity contribution in [3.05, 3.63) is 133 Å². The fraction of sp³-hybridized carbons (Fsp3) is 0. The second kappa shape index (κ2) is 9.78. The van der Waals surface area contributed by atoms with Gasteiger partial charge >= 0.3 is 0 Å². The predicted octanol–water partition coefficient (Wildman–Crippen LogP) is 8.76. The number of benzene rings is 4. The van der Waals surface area contributed by atoms with Crippen LogP contribution in [0.25, 0.3) is 50.1 Å². The van der Waals surface area contributed by atoms with Gasteiger partial charge in [-0.15, -0.1) is 0 Å². The Morgan fingerprint density at radius 3 is 2.10 bits per heavy atom. The van der Waals surface area contributed by atoms with E-state index in [4.69, 9.17) is 9.97 Å². The van der Waals surface area contributed by atoms with Crippen LogP contribution in [-0.4, -0.2) is 19.6 Å². The highest BCUT2D eigenvalue weighted by atomic mass is 32.2. The van der Waals surface area contributed by atoms with Crippen LogP contribution in [-0.2, 0) is 0 Å². The highest BCUT2D eigenvalue weighted by Gasteiger charge is 2.17. The highest BCUT2D eigenvalue weighted by molar-refractivity contribution is 7.99. The quantitative estimate of drug-likeness (QED) is 0.246. The lowest BCUT2D eigenvalue weighted by atomic mass is 10.1. The zero-order chi connectivity index (χ0) is 26.2. The Hall–Kier alpha value is -4.87. The van der Waals surface area contributed by atoms with Crippen LogP contribution in [0.15, 0.2) is 143 Å². The van der Waals surface area contributed by atoms with E-state index < -0.39 is 0 Å². The van der Waals surface area contributed by atoms with Crippen LogP contribution in [0.4, 0.5) is 0 Å². The van der Waals surface area contributed by atoms with Crippen LogP contribution < -0.4 is 0 Å². The lowest BCUT2D eigenvalue weighted by Gasteiger charge is -2.11. The molecule has 7 rings (SSSR count). The van der Waals surface area contributed by atoms with Gasteiger partial charge in [0.2, 0.25) is 0 Å². The van der Waals surface area contributed by atoms with Gasteiger partial charge < -0.3 is 5.11 Å². The predicted molar refractivity (Wildman–Crippen MR) is 159 cm³/mol. The summed E-state index contributed by atoms with van der Waals surface area (Å²) in [6.07, 6.45) is 0. The number of rotatable bonds is 5. The lowest BCUT2D eigenvalue weighted by molar-refractivity contribution is 0.473. The second-order valence-corrected chi connectivity index (χ2v) is 10.4. The molecule has 0 aliphatic carbocycles. The van der Waals surface area contributed by atoms with Crippen molar-refractivity contribution in [2.24, 2.45) is 0 Å². The Morgan fingerprint density at radius 2 is 1.28 bits per heavy atom. The van der Waals surface area contributed by atoms with Crippen LogP contribution in [0.1, 0.15) is 0 Å². The van der Waals surface area contributed by atoms with Crippen molar-refractivity contribution in [2.45, 2.75) is 9.92 Å². The summed E-state index contributed by atoms with van der Waals surface area (Å²) in [6, 6.07) is 44.6. The molecule has 0 bridgehead atoms. The maximum absolute atomic E-state index is 10.8. The van der Waals surface area contributed by atoms with E-state index in [1.807, 2.05) is 65.2 Å². The van der Waals surface area contributed by atoms with E-state index in [-0.39, 0.29) is 5.75 Å². The molecule has 39 heavy (non-hydrogen) atoms. The molecule has 0 aliphatic rings. The van der Waals surface area contributed by atoms with E-state index in [1.165, 1.54) is 0 Å². The summed E-state index contributed by atoms with van der Waals surface area (Å²) in [4.78, 5) is 11.3. The van der Waals surface area contributed by atoms with Crippen molar-refractivity contribution >= 4 is 33.7 Å². The van der Waals surface area contributed by atoms with Crippen LogP contribution in [0.3, 0.4) is 0 Å². The molecule has 1 N–H and O–H groups in total. The summed E-state index contributed by atoms with van der Waals surface area (Å²) in [5, 5.41) is 13.8. The van der Waals surface area contributed by atoms with Gasteiger partial charge in [-0.1, -0.05) is 90.6 Å². The van der Waals surface area contributed by atoms with Gasteiger partial charge in [-0.25, -0.2) is 9.97 Å². The van der Waals surface area contributed by atoms with Crippen molar-refractivity contribution in [1.82, 2.24) is 14.5 Å². The van der Waals surface area contributed by atoms with Crippen molar-refractivity contribution < 1.29 is 5.11 Å². The number of aromatic hydroxyl groups is 1. The fourth-order valence-corrected chi connectivity index (χ4v) is 5.84. The maximum Gasteiger partial charge on any atom is 0.146 e. The first-order valence-corrected chi connectivity index (χ1v) is 13.6. The minimum absolute atomic E-state index is 0.207. The van der Waals surface area contributed by atoms with Crippen molar-refractivity contribution in [3.8, 4) is 34.0 Å². The van der Waals surface area contributed by atoms with E-state index in [2.05, 4.69) is 66.7 Å². The molecule has 0 spiro atoms. The Labute approximate surface area is 230 Å². The molecule has 5 heteroatoms. The molecular weight excluding hydrogens is 498 g/mol. The average molecular weight is 522 g/mol. The summed E-state index contributed by atoms with van der Waals surface area (Å²) in [5.74, 6) is 0.207. The fourth-order valence-electron chi connectivity index (χ4n) is 4.97. The van der Waals surface area contributed by atoms with Gasteiger partial charge in [0, 0.05) is 15.7 Å². The van der Waals surface area contributed by atoms with E-state index in [0.29, 0.717) is 5.69 Å². The Morgan fingerprint density at radius 1 is 0.564 bits per heavy atom. The first-order chi connectivity index (χ1) is 19.2. The molecule has 0 radical (unpaired) electrons. The standard InChI is InChI=1S/C34H23N3OS/c38-32-18-10-9-17-31(32)37-30-16-8-7-15-26(30)27-19-20-28(36-34(27)37)29-21-24(23-11-3-1-4-12-23)22-33(35-29)39-25-13-5-2-6-14-25/h1-22,38H. The number of hydrogen-bond donors (Lipinski definition) is 1. The molecule has 0 fully saturated rings. The van der Waals surface area contributed by atoms with Gasteiger partial charge in [-0.3, -0.25) is 4.57 Å². The van der Waals surface area contributed by atoms with E-state index >= 15 is 0 Å². The number of fused-ring (bicyclic) bond motifs is 3. The van der Waals surface area contributed by atoms with Gasteiger partial charge in [0.25, 0.3) is 0 Å². The molecule has 186 valence electrons. The molecule has 3 aromatic heterocycles. The summed E-state index contributed by atoms with van der Waals surface area (Å²) in [5.41, 5.74) is 6.24. The molecule has 0 unspecified atom stereocenters. The smallest absolute Gasteiger partial charge is 0.146 e. The first-order valence-electron chi connectivity index (χ1n) is 12.7. The number of hydrogen-bond acceptors (Lipinski definition) is 4. The van der Waals surface area contributed by atoms with Crippen LogP contribution in [0.5, 0.6) is 5.75 Å². The molecule has 0 amide bonds. The maximum atomic E-state index is 10.8. The van der Waals surface area contributed by atoms with E-state index in [0.717, 1.165) is 54.4 Å². The molecule has 0 aliphatic heterocycles. The normalized spacial score (nSPS) is 11.3. The molecule has 0 saturated carbocycles. The number of phenolic OH excluding ortho intramolecular Hbond substituents is 1. The van der Waals surface area contributed by atoms with Crippen molar-refractivity contribution in [3.63, 3.8) is 0 Å². The number of nitrogens with zero attached hydrogens (tertiary/aromatic N) is 3. The van der Waals surface area contributed by atoms with Crippen LogP contribution in [0.2, 0.25) is 0 Å². The third kappa shape index (κ3) is 4.33. The molecule has 0 saturated heterocycles. The zero-order valence-electron chi connectivity index (χ0n) is 20.9. The van der Waals surface area contributed by atoms with Gasteiger partial charge in [0.15, 0.2) is 0 Å². The summed E-state index contributed by atoms with van der Waals surface area (Å²) < 4.78 is 2.03. The molecule has 4 aromatic carbocycles. The molecular formula is C34H23N3OS. The minimum Gasteiger partial charge on any atom is -0.506 e. The second-order valence-electron chi connectivity index (χ2n) is 9.27. The molecule has 3 heterocycles.